The summed E-state index contributed by atoms with van der Waals surface area (Å²) < 4.78 is 29.8. The van der Waals surface area contributed by atoms with E-state index in [4.69, 9.17) is 16.1 Å². The third-order valence-electron chi connectivity index (χ3n) is 3.51. The van der Waals surface area contributed by atoms with Crippen LogP contribution >= 0.6 is 11.6 Å². The quantitative estimate of drug-likeness (QED) is 0.824. The minimum absolute atomic E-state index is 0.0530. The molecule has 2 aromatic rings. The summed E-state index contributed by atoms with van der Waals surface area (Å²) >= 11 is 6.17. The molecule has 0 unspecified atom stereocenters. The van der Waals surface area contributed by atoms with E-state index < -0.39 is 10.0 Å². The first-order chi connectivity index (χ1) is 11.6. The second kappa shape index (κ2) is 7.45. The lowest BCUT2D eigenvalue weighted by molar-refractivity contribution is -0.116. The predicted molar refractivity (Wildman–Crippen MR) is 97.6 cm³/mol. The first-order valence-electron chi connectivity index (χ1n) is 7.55. The smallest absolute Gasteiger partial charge is 0.233 e. The number of hydrogen-bond donors (Lipinski definition) is 1. The number of hydrogen-bond acceptors (Lipinski definition) is 5. The van der Waals surface area contributed by atoms with Crippen LogP contribution in [0.4, 0.5) is 11.5 Å². The van der Waals surface area contributed by atoms with Crippen molar-refractivity contribution < 1.29 is 17.7 Å². The van der Waals surface area contributed by atoms with Gasteiger partial charge in [-0.1, -0.05) is 22.8 Å². The van der Waals surface area contributed by atoms with Gasteiger partial charge in [-0.3, -0.25) is 9.10 Å². The van der Waals surface area contributed by atoms with Crippen LogP contribution in [0.5, 0.6) is 0 Å². The number of halogens is 1. The Balaban J connectivity index is 2.10. The molecule has 1 aromatic heterocycles. The van der Waals surface area contributed by atoms with Gasteiger partial charge in [-0.25, -0.2) is 8.42 Å². The van der Waals surface area contributed by atoms with Gasteiger partial charge in [0, 0.05) is 19.0 Å². The van der Waals surface area contributed by atoms with Gasteiger partial charge in [-0.15, -0.1) is 0 Å². The van der Waals surface area contributed by atoms with Crippen LogP contribution in [0.1, 0.15) is 23.3 Å². The molecule has 0 saturated carbocycles. The fourth-order valence-corrected chi connectivity index (χ4v) is 3.62. The molecule has 0 saturated heterocycles. The van der Waals surface area contributed by atoms with Gasteiger partial charge in [0.15, 0.2) is 5.82 Å². The highest BCUT2D eigenvalue weighted by molar-refractivity contribution is 7.92. The fourth-order valence-electron chi connectivity index (χ4n) is 2.40. The summed E-state index contributed by atoms with van der Waals surface area (Å²) in [5.41, 5.74) is 2.36. The molecule has 9 heteroatoms. The predicted octanol–water partition coefficient (Wildman–Crippen LogP) is 3.05. The van der Waals surface area contributed by atoms with Crippen molar-refractivity contribution in [1.82, 2.24) is 5.16 Å². The summed E-state index contributed by atoms with van der Waals surface area (Å²) in [7, 11) is -3.59. The number of nitrogens with one attached hydrogen (secondary N) is 1. The number of carbonyl (C=O) groups excluding carboxylic acids is 1. The van der Waals surface area contributed by atoms with Gasteiger partial charge in [-0.2, -0.15) is 0 Å². The van der Waals surface area contributed by atoms with Crippen molar-refractivity contribution in [3.05, 3.63) is 40.1 Å². The standard InChI is InChI=1S/C16H20ClN3O4S/c1-10-7-11(2)16(13(17)8-10)18-15(21)5-6-20(25(4,22)23)14-9-12(3)24-19-14/h7-9H,5-6H2,1-4H3,(H,18,21). The van der Waals surface area contributed by atoms with Gasteiger partial charge in [0.25, 0.3) is 0 Å². The number of aryl methyl sites for hydroxylation is 3. The Morgan fingerprint density at radius 3 is 2.48 bits per heavy atom. The third-order valence-corrected chi connectivity index (χ3v) is 4.98. The van der Waals surface area contributed by atoms with Crippen LogP contribution in [0, 0.1) is 20.8 Å². The number of amides is 1. The molecule has 1 aromatic carbocycles. The maximum atomic E-state index is 12.2. The summed E-state index contributed by atoms with van der Waals surface area (Å²) in [5, 5.41) is 6.88. The first-order valence-corrected chi connectivity index (χ1v) is 9.78. The fraction of sp³-hybridized carbons (Fsp3) is 0.375. The average molecular weight is 386 g/mol. The van der Waals surface area contributed by atoms with E-state index in [1.54, 1.807) is 13.0 Å². The minimum Gasteiger partial charge on any atom is -0.360 e. The van der Waals surface area contributed by atoms with Crippen LogP contribution < -0.4 is 9.62 Å². The molecule has 0 bridgehead atoms. The Kier molecular flexibility index (Phi) is 5.74. The largest absolute Gasteiger partial charge is 0.360 e. The minimum atomic E-state index is -3.59. The molecule has 0 atom stereocenters. The van der Waals surface area contributed by atoms with E-state index in [1.807, 2.05) is 19.9 Å². The normalized spacial score (nSPS) is 11.4. The highest BCUT2D eigenvalue weighted by Gasteiger charge is 2.22. The molecule has 0 aliphatic rings. The number of benzene rings is 1. The number of nitrogens with zero attached hydrogens (tertiary/aromatic N) is 2. The Morgan fingerprint density at radius 2 is 1.96 bits per heavy atom. The molecule has 136 valence electrons. The monoisotopic (exact) mass is 385 g/mol. The zero-order valence-corrected chi connectivity index (χ0v) is 16.0. The SMILES string of the molecule is Cc1cc(C)c(NC(=O)CCN(c2cc(C)on2)S(C)(=O)=O)c(Cl)c1. The van der Waals surface area contributed by atoms with Crippen molar-refractivity contribution in [2.75, 3.05) is 22.4 Å². The highest BCUT2D eigenvalue weighted by atomic mass is 35.5. The molecule has 0 fully saturated rings. The van der Waals surface area contributed by atoms with E-state index >= 15 is 0 Å². The van der Waals surface area contributed by atoms with Gasteiger partial charge >= 0.3 is 0 Å². The van der Waals surface area contributed by atoms with Crippen LogP contribution in [0.25, 0.3) is 0 Å². The molecule has 1 amide bonds. The Morgan fingerprint density at radius 1 is 1.28 bits per heavy atom. The molecular formula is C16H20ClN3O4S. The average Bonchev–Trinajstić information content (AvgIpc) is 2.87. The van der Waals surface area contributed by atoms with Crippen molar-refractivity contribution in [2.45, 2.75) is 27.2 Å². The van der Waals surface area contributed by atoms with Crippen molar-refractivity contribution in [2.24, 2.45) is 0 Å². The second-order valence-corrected chi connectivity index (χ2v) is 8.18. The molecular weight excluding hydrogens is 366 g/mol. The van der Waals surface area contributed by atoms with Crippen LogP contribution in [-0.4, -0.2) is 32.3 Å². The van der Waals surface area contributed by atoms with Gasteiger partial charge in [0.2, 0.25) is 15.9 Å². The van der Waals surface area contributed by atoms with Gasteiger partial charge in [-0.05, 0) is 38.0 Å². The molecule has 7 nitrogen and oxygen atoms in total. The van der Waals surface area contributed by atoms with E-state index in [0.29, 0.717) is 16.5 Å². The van der Waals surface area contributed by atoms with Crippen LogP contribution in [0.3, 0.4) is 0 Å². The van der Waals surface area contributed by atoms with Crippen molar-refractivity contribution >= 4 is 39.0 Å². The molecule has 2 rings (SSSR count). The lowest BCUT2D eigenvalue weighted by Gasteiger charge is -2.19. The van der Waals surface area contributed by atoms with Crippen molar-refractivity contribution in [3.8, 4) is 0 Å². The molecule has 0 spiro atoms. The van der Waals surface area contributed by atoms with E-state index in [9.17, 15) is 13.2 Å². The number of rotatable bonds is 6. The lowest BCUT2D eigenvalue weighted by Crippen LogP contribution is -2.33. The molecule has 1 N–H and O–H groups in total. The summed E-state index contributed by atoms with van der Waals surface area (Å²) in [6, 6.07) is 5.16. The zero-order valence-electron chi connectivity index (χ0n) is 14.5. The zero-order chi connectivity index (χ0) is 18.8. The molecule has 0 aliphatic heterocycles. The summed E-state index contributed by atoms with van der Waals surface area (Å²) in [6.07, 6.45) is 0.999. The van der Waals surface area contributed by atoms with Gasteiger partial charge < -0.3 is 9.84 Å². The number of anilines is 2. The number of carbonyl (C=O) groups is 1. The lowest BCUT2D eigenvalue weighted by atomic mass is 10.1. The van der Waals surface area contributed by atoms with E-state index in [2.05, 4.69) is 10.5 Å². The van der Waals surface area contributed by atoms with E-state index in [0.717, 1.165) is 21.7 Å². The summed E-state index contributed by atoms with van der Waals surface area (Å²) in [4.78, 5) is 12.2. The second-order valence-electron chi connectivity index (χ2n) is 5.87. The Labute approximate surface area is 152 Å². The van der Waals surface area contributed by atoms with Crippen molar-refractivity contribution in [1.29, 1.82) is 0 Å². The van der Waals surface area contributed by atoms with E-state index in [1.165, 1.54) is 6.07 Å². The van der Waals surface area contributed by atoms with Gasteiger partial charge in [0.05, 0.1) is 17.0 Å². The summed E-state index contributed by atoms with van der Waals surface area (Å²) in [6.45, 7) is 5.36. The molecule has 0 radical (unpaired) electrons. The van der Waals surface area contributed by atoms with Crippen LogP contribution in [0.15, 0.2) is 22.7 Å². The van der Waals surface area contributed by atoms with Crippen molar-refractivity contribution in [3.63, 3.8) is 0 Å². The molecule has 0 aliphatic carbocycles. The maximum absolute atomic E-state index is 12.2. The third kappa shape index (κ3) is 4.96. The highest BCUT2D eigenvalue weighted by Crippen LogP contribution is 2.27. The first kappa shape index (κ1) is 19.3. The van der Waals surface area contributed by atoms with Crippen LogP contribution in [0.2, 0.25) is 5.02 Å². The summed E-state index contributed by atoms with van der Waals surface area (Å²) in [5.74, 6) is 0.287. The maximum Gasteiger partial charge on any atom is 0.233 e. The van der Waals surface area contributed by atoms with E-state index in [-0.39, 0.29) is 24.7 Å². The number of aromatic nitrogens is 1. The van der Waals surface area contributed by atoms with Gasteiger partial charge in [0.1, 0.15) is 5.76 Å². The molecule has 1 heterocycles. The van der Waals surface area contributed by atoms with Crippen LogP contribution in [-0.2, 0) is 14.8 Å². The Bertz CT molecular complexity index is 870. The molecule has 25 heavy (non-hydrogen) atoms. The Hall–Kier alpha value is -2.06. The number of sulfonamides is 1. The topological polar surface area (TPSA) is 92.5 Å².